The normalized spacial score (nSPS) is 20.2. The van der Waals surface area contributed by atoms with Gasteiger partial charge in [0.2, 0.25) is 0 Å². The standard InChI is InChI=1S/C14H23N5/c1-9-5-4-7-19(8-6-9)14-12(13(15)16)10(2)11(3)17-18-14/h9H,4-8H2,1-3H3,(H3,15,16). The Morgan fingerprint density at radius 1 is 1.26 bits per heavy atom. The van der Waals surface area contributed by atoms with Crippen molar-refractivity contribution in [3.63, 3.8) is 0 Å². The fourth-order valence-electron chi connectivity index (χ4n) is 2.61. The highest BCUT2D eigenvalue weighted by Gasteiger charge is 2.21. The monoisotopic (exact) mass is 261 g/mol. The van der Waals surface area contributed by atoms with E-state index in [0.717, 1.165) is 54.5 Å². The number of hydrogen-bond donors (Lipinski definition) is 2. The Balaban J connectivity index is 2.38. The van der Waals surface area contributed by atoms with E-state index in [1.54, 1.807) is 0 Å². The smallest absolute Gasteiger partial charge is 0.162 e. The van der Waals surface area contributed by atoms with Crippen molar-refractivity contribution in [2.45, 2.75) is 40.0 Å². The molecule has 1 atom stereocenters. The number of nitrogens with zero attached hydrogens (tertiary/aromatic N) is 3. The van der Waals surface area contributed by atoms with Gasteiger partial charge < -0.3 is 10.6 Å². The third-order valence-corrected chi connectivity index (χ3v) is 4.02. The fourth-order valence-corrected chi connectivity index (χ4v) is 2.61. The van der Waals surface area contributed by atoms with Crippen LogP contribution in [0.4, 0.5) is 5.82 Å². The summed E-state index contributed by atoms with van der Waals surface area (Å²) in [6, 6.07) is 0. The van der Waals surface area contributed by atoms with Gasteiger partial charge in [-0.05, 0) is 44.6 Å². The zero-order valence-electron chi connectivity index (χ0n) is 12.0. The maximum Gasteiger partial charge on any atom is 0.162 e. The van der Waals surface area contributed by atoms with Crippen LogP contribution in [-0.2, 0) is 0 Å². The van der Waals surface area contributed by atoms with Crippen LogP contribution in [0.5, 0.6) is 0 Å². The van der Waals surface area contributed by atoms with E-state index in [2.05, 4.69) is 22.0 Å². The minimum absolute atomic E-state index is 0.0859. The highest BCUT2D eigenvalue weighted by molar-refractivity contribution is 6.01. The molecule has 0 amide bonds. The number of aryl methyl sites for hydroxylation is 1. The molecule has 3 N–H and O–H groups in total. The molecule has 1 unspecified atom stereocenters. The van der Waals surface area contributed by atoms with E-state index in [4.69, 9.17) is 11.1 Å². The van der Waals surface area contributed by atoms with Crippen molar-refractivity contribution in [3.8, 4) is 0 Å². The fraction of sp³-hybridized carbons (Fsp3) is 0.643. The van der Waals surface area contributed by atoms with Crippen molar-refractivity contribution in [1.82, 2.24) is 10.2 Å². The van der Waals surface area contributed by atoms with Gasteiger partial charge in [-0.3, -0.25) is 5.41 Å². The maximum absolute atomic E-state index is 7.81. The minimum Gasteiger partial charge on any atom is -0.384 e. The Hall–Kier alpha value is -1.65. The average Bonchev–Trinajstić information content (AvgIpc) is 2.57. The van der Waals surface area contributed by atoms with E-state index in [0.29, 0.717) is 0 Å². The predicted octanol–water partition coefficient (Wildman–Crippen LogP) is 2.00. The summed E-state index contributed by atoms with van der Waals surface area (Å²) < 4.78 is 0. The molecule has 0 saturated carbocycles. The summed E-state index contributed by atoms with van der Waals surface area (Å²) in [7, 11) is 0. The van der Waals surface area contributed by atoms with Gasteiger partial charge in [-0.2, -0.15) is 5.10 Å². The van der Waals surface area contributed by atoms with Gasteiger partial charge in [-0.15, -0.1) is 5.10 Å². The summed E-state index contributed by atoms with van der Waals surface area (Å²) in [6.07, 6.45) is 3.57. The molecule has 0 aliphatic carbocycles. The molecule has 2 heterocycles. The second-order valence-corrected chi connectivity index (χ2v) is 5.55. The predicted molar refractivity (Wildman–Crippen MR) is 77.8 cm³/mol. The summed E-state index contributed by atoms with van der Waals surface area (Å²) in [5.41, 5.74) is 8.31. The summed E-state index contributed by atoms with van der Waals surface area (Å²) in [4.78, 5) is 2.24. The molecule has 1 aliphatic rings. The number of aromatic nitrogens is 2. The zero-order chi connectivity index (χ0) is 14.0. The molecule has 5 nitrogen and oxygen atoms in total. The molecule has 19 heavy (non-hydrogen) atoms. The minimum atomic E-state index is 0.0859. The summed E-state index contributed by atoms with van der Waals surface area (Å²) in [5.74, 6) is 1.62. The zero-order valence-corrected chi connectivity index (χ0v) is 12.0. The average molecular weight is 261 g/mol. The molecular formula is C14H23N5. The van der Waals surface area contributed by atoms with Crippen LogP contribution in [0.25, 0.3) is 0 Å². The molecule has 2 rings (SSSR count). The second-order valence-electron chi connectivity index (χ2n) is 5.55. The Bertz CT molecular complexity index is 483. The number of anilines is 1. The molecule has 0 radical (unpaired) electrons. The van der Waals surface area contributed by atoms with Gasteiger partial charge in [0.25, 0.3) is 0 Å². The van der Waals surface area contributed by atoms with E-state index in [1.807, 2.05) is 13.8 Å². The molecule has 104 valence electrons. The third kappa shape index (κ3) is 2.85. The molecule has 0 bridgehead atoms. The van der Waals surface area contributed by atoms with E-state index in [-0.39, 0.29) is 5.84 Å². The van der Waals surface area contributed by atoms with Gasteiger partial charge in [0.1, 0.15) is 5.84 Å². The number of rotatable bonds is 2. The van der Waals surface area contributed by atoms with Crippen LogP contribution in [0.2, 0.25) is 0 Å². The van der Waals surface area contributed by atoms with Crippen LogP contribution < -0.4 is 10.6 Å². The van der Waals surface area contributed by atoms with E-state index in [9.17, 15) is 0 Å². The van der Waals surface area contributed by atoms with Crippen LogP contribution in [-0.4, -0.2) is 29.1 Å². The van der Waals surface area contributed by atoms with Crippen LogP contribution in [0, 0.1) is 25.2 Å². The second kappa shape index (κ2) is 5.55. The van der Waals surface area contributed by atoms with E-state index < -0.39 is 0 Å². The Morgan fingerprint density at radius 2 is 2.00 bits per heavy atom. The molecule has 1 aromatic rings. The molecule has 0 spiro atoms. The first-order valence-corrected chi connectivity index (χ1v) is 6.94. The lowest BCUT2D eigenvalue weighted by atomic mass is 10.0. The summed E-state index contributed by atoms with van der Waals surface area (Å²) >= 11 is 0. The molecule has 5 heteroatoms. The van der Waals surface area contributed by atoms with Crippen LogP contribution in [0.3, 0.4) is 0 Å². The van der Waals surface area contributed by atoms with Gasteiger partial charge >= 0.3 is 0 Å². The van der Waals surface area contributed by atoms with Crippen molar-refractivity contribution in [2.24, 2.45) is 11.7 Å². The van der Waals surface area contributed by atoms with Gasteiger partial charge in [0, 0.05) is 13.1 Å². The molecule has 1 aromatic heterocycles. The highest BCUT2D eigenvalue weighted by atomic mass is 15.3. The van der Waals surface area contributed by atoms with Gasteiger partial charge in [0.05, 0.1) is 11.3 Å². The largest absolute Gasteiger partial charge is 0.384 e. The third-order valence-electron chi connectivity index (χ3n) is 4.02. The SMILES string of the molecule is Cc1nnc(N2CCCC(C)CC2)c(C(=N)N)c1C. The van der Waals surface area contributed by atoms with Crippen LogP contribution >= 0.6 is 0 Å². The Morgan fingerprint density at radius 3 is 2.68 bits per heavy atom. The number of nitrogens with one attached hydrogen (secondary N) is 1. The highest BCUT2D eigenvalue weighted by Crippen LogP contribution is 2.25. The first-order chi connectivity index (χ1) is 9.00. The maximum atomic E-state index is 7.81. The Labute approximate surface area is 114 Å². The molecule has 0 aromatic carbocycles. The van der Waals surface area contributed by atoms with Crippen molar-refractivity contribution in [2.75, 3.05) is 18.0 Å². The van der Waals surface area contributed by atoms with Gasteiger partial charge in [0.15, 0.2) is 5.82 Å². The van der Waals surface area contributed by atoms with Gasteiger partial charge in [-0.1, -0.05) is 6.92 Å². The molecule has 1 fully saturated rings. The van der Waals surface area contributed by atoms with E-state index in [1.165, 1.54) is 6.42 Å². The summed E-state index contributed by atoms with van der Waals surface area (Å²) in [5, 5.41) is 16.3. The number of nitrogen functional groups attached to an aromatic ring is 1. The molecule has 1 saturated heterocycles. The Kier molecular flexibility index (Phi) is 4.02. The number of amidine groups is 1. The number of hydrogen-bond acceptors (Lipinski definition) is 4. The first-order valence-electron chi connectivity index (χ1n) is 6.94. The quantitative estimate of drug-likeness (QED) is 0.630. The van der Waals surface area contributed by atoms with Crippen molar-refractivity contribution in [3.05, 3.63) is 16.8 Å². The lowest BCUT2D eigenvalue weighted by molar-refractivity contribution is 0.521. The van der Waals surface area contributed by atoms with Crippen molar-refractivity contribution >= 4 is 11.7 Å². The van der Waals surface area contributed by atoms with E-state index >= 15 is 0 Å². The molecule has 1 aliphatic heterocycles. The topological polar surface area (TPSA) is 78.9 Å². The summed E-state index contributed by atoms with van der Waals surface area (Å²) in [6.45, 7) is 8.11. The lowest BCUT2D eigenvalue weighted by Gasteiger charge is -2.24. The number of nitrogens with two attached hydrogens (primary N) is 1. The van der Waals surface area contributed by atoms with Crippen molar-refractivity contribution in [1.29, 1.82) is 5.41 Å². The first kappa shape index (κ1) is 13.8. The van der Waals surface area contributed by atoms with Gasteiger partial charge in [-0.25, -0.2) is 0 Å². The van der Waals surface area contributed by atoms with Crippen LogP contribution in [0.15, 0.2) is 0 Å². The lowest BCUT2D eigenvalue weighted by Crippen LogP contribution is -2.30. The van der Waals surface area contributed by atoms with Crippen LogP contribution in [0.1, 0.15) is 43.0 Å². The molecular weight excluding hydrogens is 238 g/mol. The van der Waals surface area contributed by atoms with Crippen molar-refractivity contribution < 1.29 is 0 Å².